The highest BCUT2D eigenvalue weighted by Crippen LogP contribution is 2.20. The van der Waals surface area contributed by atoms with Crippen molar-refractivity contribution < 1.29 is 15.0 Å². The zero-order valence-electron chi connectivity index (χ0n) is 7.70. The van der Waals surface area contributed by atoms with Crippen LogP contribution in [0.3, 0.4) is 0 Å². The second kappa shape index (κ2) is 3.98. The van der Waals surface area contributed by atoms with Crippen LogP contribution >= 0.6 is 11.6 Å². The summed E-state index contributed by atoms with van der Waals surface area (Å²) < 4.78 is 0. The van der Waals surface area contributed by atoms with Crippen molar-refractivity contribution in [3.8, 4) is 0 Å². The molecule has 0 heterocycles. The van der Waals surface area contributed by atoms with E-state index in [1.54, 1.807) is 24.3 Å². The predicted molar refractivity (Wildman–Crippen MR) is 53.4 cm³/mol. The lowest BCUT2D eigenvalue weighted by Crippen LogP contribution is -2.37. The van der Waals surface area contributed by atoms with Gasteiger partial charge in [-0.15, -0.1) is 0 Å². The molecule has 0 radical (unpaired) electrons. The Balaban J connectivity index is 2.89. The van der Waals surface area contributed by atoms with E-state index in [9.17, 15) is 9.90 Å². The second-order valence-electron chi connectivity index (χ2n) is 3.35. The van der Waals surface area contributed by atoms with Gasteiger partial charge in [0.05, 0.1) is 0 Å². The molecule has 14 heavy (non-hydrogen) atoms. The van der Waals surface area contributed by atoms with Gasteiger partial charge in [-0.25, -0.2) is 4.79 Å². The number of carboxylic acids is 1. The third kappa shape index (κ3) is 2.47. The summed E-state index contributed by atoms with van der Waals surface area (Å²) in [5, 5.41) is 18.7. The minimum atomic E-state index is -1.77. The van der Waals surface area contributed by atoms with Crippen molar-refractivity contribution >= 4 is 17.6 Å². The molecule has 2 N–H and O–H groups in total. The lowest BCUT2D eigenvalue weighted by atomic mass is 9.97. The van der Waals surface area contributed by atoms with Crippen LogP contribution in [0.5, 0.6) is 0 Å². The fourth-order valence-corrected chi connectivity index (χ4v) is 1.29. The van der Waals surface area contributed by atoms with E-state index in [4.69, 9.17) is 16.7 Å². The van der Waals surface area contributed by atoms with Gasteiger partial charge >= 0.3 is 5.97 Å². The number of aliphatic hydroxyl groups is 1. The third-order valence-electron chi connectivity index (χ3n) is 1.95. The summed E-state index contributed by atoms with van der Waals surface area (Å²) in [7, 11) is 0. The Hall–Kier alpha value is -1.06. The predicted octanol–water partition coefficient (Wildman–Crippen LogP) is 1.72. The van der Waals surface area contributed by atoms with Gasteiger partial charge in [0.15, 0.2) is 5.60 Å². The minimum Gasteiger partial charge on any atom is -0.479 e. The van der Waals surface area contributed by atoms with Crippen LogP contribution in [0, 0.1) is 0 Å². The van der Waals surface area contributed by atoms with Crippen molar-refractivity contribution in [3.05, 3.63) is 34.9 Å². The largest absolute Gasteiger partial charge is 0.479 e. The normalized spacial score (nSPS) is 14.8. The molecule has 0 aliphatic rings. The number of carboxylic acid groups (broad SMARTS) is 1. The lowest BCUT2D eigenvalue weighted by molar-refractivity contribution is -0.156. The van der Waals surface area contributed by atoms with Crippen LogP contribution in [-0.4, -0.2) is 21.8 Å². The van der Waals surface area contributed by atoms with E-state index in [1.807, 2.05) is 0 Å². The van der Waals surface area contributed by atoms with E-state index in [1.165, 1.54) is 6.92 Å². The van der Waals surface area contributed by atoms with Crippen LogP contribution in [0.4, 0.5) is 0 Å². The van der Waals surface area contributed by atoms with Gasteiger partial charge in [-0.1, -0.05) is 29.8 Å². The number of aliphatic carboxylic acids is 1. The highest BCUT2D eigenvalue weighted by Gasteiger charge is 2.30. The molecule has 0 bridgehead atoms. The summed E-state index contributed by atoms with van der Waals surface area (Å²) in [6.07, 6.45) is 0.00199. The SMILES string of the molecule is CC(O)(Cc1ccccc1Cl)C(=O)O. The Morgan fingerprint density at radius 3 is 2.57 bits per heavy atom. The monoisotopic (exact) mass is 214 g/mol. The molecule has 0 aromatic heterocycles. The highest BCUT2D eigenvalue weighted by atomic mass is 35.5. The van der Waals surface area contributed by atoms with Crippen molar-refractivity contribution in [2.24, 2.45) is 0 Å². The number of rotatable bonds is 3. The number of hydrogen-bond donors (Lipinski definition) is 2. The summed E-state index contributed by atoms with van der Waals surface area (Å²) in [5.41, 5.74) is -1.15. The van der Waals surface area contributed by atoms with Gasteiger partial charge < -0.3 is 10.2 Å². The Morgan fingerprint density at radius 1 is 1.50 bits per heavy atom. The maximum atomic E-state index is 10.6. The first kappa shape index (κ1) is 11.0. The molecule has 1 aromatic carbocycles. The summed E-state index contributed by atoms with van der Waals surface area (Å²) in [6.45, 7) is 1.25. The molecule has 0 spiro atoms. The van der Waals surface area contributed by atoms with E-state index in [-0.39, 0.29) is 6.42 Å². The fraction of sp³-hybridized carbons (Fsp3) is 0.300. The Morgan fingerprint density at radius 2 is 2.07 bits per heavy atom. The number of benzene rings is 1. The molecular formula is C10H11ClO3. The Labute approximate surface area is 86.9 Å². The van der Waals surface area contributed by atoms with Gasteiger partial charge in [0, 0.05) is 11.4 Å². The topological polar surface area (TPSA) is 57.5 Å². The van der Waals surface area contributed by atoms with Gasteiger partial charge in [-0.2, -0.15) is 0 Å². The molecule has 1 rings (SSSR count). The average Bonchev–Trinajstić information content (AvgIpc) is 2.08. The maximum absolute atomic E-state index is 10.6. The summed E-state index contributed by atoms with van der Waals surface area (Å²) in [4.78, 5) is 10.6. The molecular weight excluding hydrogens is 204 g/mol. The molecule has 0 aliphatic carbocycles. The Bertz CT molecular complexity index is 347. The first-order valence-electron chi connectivity index (χ1n) is 4.12. The van der Waals surface area contributed by atoms with E-state index in [0.717, 1.165) is 0 Å². The zero-order valence-corrected chi connectivity index (χ0v) is 8.45. The van der Waals surface area contributed by atoms with Gasteiger partial charge in [0.25, 0.3) is 0 Å². The van der Waals surface area contributed by atoms with Gasteiger partial charge in [0.1, 0.15) is 0 Å². The molecule has 0 saturated carbocycles. The van der Waals surface area contributed by atoms with Crippen LogP contribution in [0.15, 0.2) is 24.3 Å². The summed E-state index contributed by atoms with van der Waals surface area (Å²) >= 11 is 5.83. The van der Waals surface area contributed by atoms with Crippen molar-refractivity contribution in [1.82, 2.24) is 0 Å². The van der Waals surface area contributed by atoms with Crippen molar-refractivity contribution in [1.29, 1.82) is 0 Å². The quantitative estimate of drug-likeness (QED) is 0.806. The molecule has 0 amide bonds. The van der Waals surface area contributed by atoms with Gasteiger partial charge in [0.2, 0.25) is 0 Å². The molecule has 3 nitrogen and oxygen atoms in total. The van der Waals surface area contributed by atoms with Crippen LogP contribution in [-0.2, 0) is 11.2 Å². The summed E-state index contributed by atoms with van der Waals surface area (Å²) in [6, 6.07) is 6.86. The van der Waals surface area contributed by atoms with E-state index >= 15 is 0 Å². The maximum Gasteiger partial charge on any atom is 0.335 e. The highest BCUT2D eigenvalue weighted by molar-refractivity contribution is 6.31. The fourth-order valence-electron chi connectivity index (χ4n) is 1.09. The average molecular weight is 215 g/mol. The minimum absolute atomic E-state index is 0.00199. The lowest BCUT2D eigenvalue weighted by Gasteiger charge is -2.18. The Kier molecular flexibility index (Phi) is 3.13. The molecule has 1 unspecified atom stereocenters. The van der Waals surface area contributed by atoms with E-state index in [2.05, 4.69) is 0 Å². The van der Waals surface area contributed by atoms with Gasteiger partial charge in [-0.3, -0.25) is 0 Å². The van der Waals surface area contributed by atoms with Gasteiger partial charge in [-0.05, 0) is 18.6 Å². The first-order chi connectivity index (χ1) is 6.43. The molecule has 0 aliphatic heterocycles. The van der Waals surface area contributed by atoms with Crippen LogP contribution < -0.4 is 0 Å². The van der Waals surface area contributed by atoms with Crippen molar-refractivity contribution in [2.75, 3.05) is 0 Å². The molecule has 4 heteroatoms. The van der Waals surface area contributed by atoms with Crippen LogP contribution in [0.2, 0.25) is 5.02 Å². The summed E-state index contributed by atoms with van der Waals surface area (Å²) in [5.74, 6) is -1.25. The standard InChI is InChI=1S/C10H11ClO3/c1-10(14,9(12)13)6-7-4-2-3-5-8(7)11/h2-5,14H,6H2,1H3,(H,12,13). The molecule has 1 atom stereocenters. The number of hydrogen-bond acceptors (Lipinski definition) is 2. The zero-order chi connectivity index (χ0) is 10.8. The first-order valence-corrected chi connectivity index (χ1v) is 4.50. The van der Waals surface area contributed by atoms with Crippen LogP contribution in [0.1, 0.15) is 12.5 Å². The van der Waals surface area contributed by atoms with Crippen LogP contribution in [0.25, 0.3) is 0 Å². The molecule has 1 aromatic rings. The molecule has 0 fully saturated rings. The number of carbonyl (C=O) groups is 1. The number of halogens is 1. The van der Waals surface area contributed by atoms with E-state index in [0.29, 0.717) is 10.6 Å². The van der Waals surface area contributed by atoms with E-state index < -0.39 is 11.6 Å². The molecule has 0 saturated heterocycles. The molecule has 76 valence electrons. The third-order valence-corrected chi connectivity index (χ3v) is 2.32. The van der Waals surface area contributed by atoms with Crippen molar-refractivity contribution in [2.45, 2.75) is 18.9 Å². The second-order valence-corrected chi connectivity index (χ2v) is 3.75. The smallest absolute Gasteiger partial charge is 0.335 e. The van der Waals surface area contributed by atoms with Crippen molar-refractivity contribution in [3.63, 3.8) is 0 Å².